The third-order valence-electron chi connectivity index (χ3n) is 4.33. The van der Waals surface area contributed by atoms with Gasteiger partial charge in [0.05, 0.1) is 18.7 Å². The Kier molecular flexibility index (Phi) is 4.19. The molecule has 0 unspecified atom stereocenters. The van der Waals surface area contributed by atoms with Crippen LogP contribution in [-0.2, 0) is 7.05 Å². The lowest BCUT2D eigenvalue weighted by Gasteiger charge is -2.25. The molecule has 120 valence electrons. The molecule has 0 N–H and O–H groups in total. The van der Waals surface area contributed by atoms with E-state index in [-0.39, 0.29) is 17.5 Å². The summed E-state index contributed by atoms with van der Waals surface area (Å²) in [7, 11) is 3.30. The third-order valence-corrected chi connectivity index (χ3v) is 4.33. The molecule has 0 radical (unpaired) electrons. The summed E-state index contributed by atoms with van der Waals surface area (Å²) in [5, 5.41) is 0. The first-order valence-electron chi connectivity index (χ1n) is 7.72. The van der Waals surface area contributed by atoms with Gasteiger partial charge in [-0.2, -0.15) is 0 Å². The van der Waals surface area contributed by atoms with Gasteiger partial charge in [0.25, 0.3) is 5.91 Å². The molecule has 5 nitrogen and oxygen atoms in total. The van der Waals surface area contributed by atoms with Crippen LogP contribution in [0, 0.1) is 0 Å². The average Bonchev–Trinajstić information content (AvgIpc) is 3.06. The molecule has 0 aliphatic carbocycles. The summed E-state index contributed by atoms with van der Waals surface area (Å²) in [5.74, 6) is 0.759. The highest BCUT2D eigenvalue weighted by atomic mass is 16.5. The van der Waals surface area contributed by atoms with Crippen molar-refractivity contribution in [2.24, 2.45) is 7.05 Å². The highest BCUT2D eigenvalue weighted by Crippen LogP contribution is 2.34. The fourth-order valence-corrected chi connectivity index (χ4v) is 3.09. The van der Waals surface area contributed by atoms with Crippen molar-refractivity contribution in [3.8, 4) is 5.75 Å². The highest BCUT2D eigenvalue weighted by Gasteiger charge is 2.30. The van der Waals surface area contributed by atoms with E-state index in [1.165, 1.54) is 10.6 Å². The zero-order valence-corrected chi connectivity index (χ0v) is 13.4. The van der Waals surface area contributed by atoms with Crippen LogP contribution in [0.2, 0.25) is 0 Å². The number of likely N-dealkylation sites (tertiary alicyclic amines) is 1. The fraction of sp³-hybridized carbons (Fsp3) is 0.333. The average molecular weight is 312 g/mol. The van der Waals surface area contributed by atoms with Gasteiger partial charge in [0.15, 0.2) is 0 Å². The van der Waals surface area contributed by atoms with E-state index in [0.29, 0.717) is 5.56 Å². The van der Waals surface area contributed by atoms with Crippen molar-refractivity contribution in [1.82, 2.24) is 9.47 Å². The van der Waals surface area contributed by atoms with E-state index in [9.17, 15) is 9.59 Å². The summed E-state index contributed by atoms with van der Waals surface area (Å²) in [6, 6.07) is 10.9. The lowest BCUT2D eigenvalue weighted by molar-refractivity contribution is 0.0734. The molecule has 0 spiro atoms. The summed E-state index contributed by atoms with van der Waals surface area (Å²) < 4.78 is 6.72. The Hall–Kier alpha value is -2.56. The number of rotatable bonds is 3. The molecular formula is C18H20N2O3. The first-order valence-corrected chi connectivity index (χ1v) is 7.72. The SMILES string of the molecule is COc1cccc([C@@H]2CCCN2C(=O)c2ccc(=O)n(C)c2)c1. The van der Waals surface area contributed by atoms with E-state index in [1.54, 1.807) is 26.4 Å². The summed E-state index contributed by atoms with van der Waals surface area (Å²) in [4.78, 5) is 26.2. The minimum absolute atomic E-state index is 0.0362. The van der Waals surface area contributed by atoms with Crippen LogP contribution in [0.1, 0.15) is 34.8 Å². The number of pyridine rings is 1. The van der Waals surface area contributed by atoms with E-state index < -0.39 is 0 Å². The Labute approximate surface area is 135 Å². The molecule has 1 aliphatic rings. The number of hydrogen-bond donors (Lipinski definition) is 0. The maximum Gasteiger partial charge on any atom is 0.255 e. The van der Waals surface area contributed by atoms with Crippen molar-refractivity contribution in [3.63, 3.8) is 0 Å². The second-order valence-electron chi connectivity index (χ2n) is 5.80. The molecule has 2 heterocycles. The largest absolute Gasteiger partial charge is 0.497 e. The maximum atomic E-state index is 12.8. The van der Waals surface area contributed by atoms with E-state index in [4.69, 9.17) is 4.74 Å². The van der Waals surface area contributed by atoms with Crippen LogP contribution in [0.15, 0.2) is 47.4 Å². The van der Waals surface area contributed by atoms with Gasteiger partial charge in [-0.25, -0.2) is 0 Å². The molecule has 1 atom stereocenters. The van der Waals surface area contributed by atoms with Gasteiger partial charge in [-0.05, 0) is 36.6 Å². The van der Waals surface area contributed by atoms with Crippen molar-refractivity contribution < 1.29 is 9.53 Å². The predicted octanol–water partition coefficient (Wildman–Crippen LogP) is 2.37. The highest BCUT2D eigenvalue weighted by molar-refractivity contribution is 5.94. The number of hydrogen-bond acceptors (Lipinski definition) is 3. The maximum absolute atomic E-state index is 12.8. The van der Waals surface area contributed by atoms with E-state index in [1.807, 2.05) is 29.2 Å². The normalized spacial score (nSPS) is 17.3. The minimum Gasteiger partial charge on any atom is -0.497 e. The topological polar surface area (TPSA) is 51.5 Å². The molecule has 5 heteroatoms. The second-order valence-corrected chi connectivity index (χ2v) is 5.80. The van der Waals surface area contributed by atoms with Crippen LogP contribution in [0.5, 0.6) is 5.75 Å². The molecule has 1 saturated heterocycles. The number of carbonyl (C=O) groups excluding carboxylic acids is 1. The molecule has 0 saturated carbocycles. The first kappa shape index (κ1) is 15.3. The van der Waals surface area contributed by atoms with Gasteiger partial charge in [-0.15, -0.1) is 0 Å². The Morgan fingerprint density at radius 3 is 2.83 bits per heavy atom. The van der Waals surface area contributed by atoms with Gasteiger partial charge in [-0.1, -0.05) is 12.1 Å². The predicted molar refractivity (Wildman–Crippen MR) is 87.7 cm³/mol. The zero-order valence-electron chi connectivity index (χ0n) is 13.4. The number of benzene rings is 1. The number of amides is 1. The number of aryl methyl sites for hydroxylation is 1. The molecule has 1 amide bonds. The molecule has 1 aromatic carbocycles. The molecule has 23 heavy (non-hydrogen) atoms. The Balaban J connectivity index is 1.89. The van der Waals surface area contributed by atoms with Crippen LogP contribution in [-0.4, -0.2) is 29.0 Å². The van der Waals surface area contributed by atoms with Gasteiger partial charge in [0, 0.05) is 25.9 Å². The molecule has 1 aliphatic heterocycles. The smallest absolute Gasteiger partial charge is 0.255 e. The van der Waals surface area contributed by atoms with Crippen molar-refractivity contribution in [2.45, 2.75) is 18.9 Å². The van der Waals surface area contributed by atoms with Crippen molar-refractivity contribution in [1.29, 1.82) is 0 Å². The zero-order chi connectivity index (χ0) is 16.4. The van der Waals surface area contributed by atoms with Crippen molar-refractivity contribution >= 4 is 5.91 Å². The summed E-state index contributed by atoms with van der Waals surface area (Å²) >= 11 is 0. The van der Waals surface area contributed by atoms with Crippen LogP contribution >= 0.6 is 0 Å². The first-order chi connectivity index (χ1) is 11.1. The van der Waals surface area contributed by atoms with E-state index in [2.05, 4.69) is 0 Å². The van der Waals surface area contributed by atoms with Gasteiger partial charge in [-0.3, -0.25) is 9.59 Å². The number of aromatic nitrogens is 1. The fourth-order valence-electron chi connectivity index (χ4n) is 3.09. The lowest BCUT2D eigenvalue weighted by atomic mass is 10.0. The third kappa shape index (κ3) is 2.99. The van der Waals surface area contributed by atoms with Crippen LogP contribution < -0.4 is 10.3 Å². The quantitative estimate of drug-likeness (QED) is 0.874. The van der Waals surface area contributed by atoms with Crippen molar-refractivity contribution in [2.75, 3.05) is 13.7 Å². The van der Waals surface area contributed by atoms with E-state index in [0.717, 1.165) is 30.7 Å². The standard InChI is InChI=1S/C18H20N2O3/c1-19-12-14(8-9-17(19)21)18(22)20-10-4-7-16(20)13-5-3-6-15(11-13)23-2/h3,5-6,8-9,11-12,16H,4,7,10H2,1-2H3/t16-/m0/s1. The van der Waals surface area contributed by atoms with Crippen LogP contribution in [0.4, 0.5) is 0 Å². The number of methoxy groups -OCH3 is 1. The second kappa shape index (κ2) is 6.28. The summed E-state index contributed by atoms with van der Waals surface area (Å²) in [6.45, 7) is 0.726. The number of carbonyl (C=O) groups is 1. The minimum atomic E-state index is -0.118. The van der Waals surface area contributed by atoms with E-state index >= 15 is 0 Å². The van der Waals surface area contributed by atoms with Gasteiger partial charge in [0.1, 0.15) is 5.75 Å². The summed E-state index contributed by atoms with van der Waals surface area (Å²) in [5.41, 5.74) is 1.51. The lowest BCUT2D eigenvalue weighted by Crippen LogP contribution is -2.31. The summed E-state index contributed by atoms with van der Waals surface area (Å²) in [6.07, 6.45) is 3.51. The molecule has 0 bridgehead atoms. The molecule has 1 fully saturated rings. The number of nitrogens with zero attached hydrogens (tertiary/aromatic N) is 2. The molecule has 1 aromatic heterocycles. The van der Waals surface area contributed by atoms with Crippen LogP contribution in [0.3, 0.4) is 0 Å². The monoisotopic (exact) mass is 312 g/mol. The van der Waals surface area contributed by atoms with Gasteiger partial charge >= 0.3 is 0 Å². The van der Waals surface area contributed by atoms with Gasteiger partial charge in [0.2, 0.25) is 5.56 Å². The number of ether oxygens (including phenoxy) is 1. The molecular weight excluding hydrogens is 292 g/mol. The van der Waals surface area contributed by atoms with Crippen LogP contribution in [0.25, 0.3) is 0 Å². The van der Waals surface area contributed by atoms with Crippen molar-refractivity contribution in [3.05, 3.63) is 64.1 Å². The van der Waals surface area contributed by atoms with Gasteiger partial charge < -0.3 is 14.2 Å². The Morgan fingerprint density at radius 1 is 1.26 bits per heavy atom. The Bertz CT molecular complexity index is 782. The Morgan fingerprint density at radius 2 is 2.09 bits per heavy atom. The molecule has 2 aromatic rings. The molecule has 3 rings (SSSR count).